The van der Waals surface area contributed by atoms with Gasteiger partial charge < -0.3 is 0 Å². The summed E-state index contributed by atoms with van der Waals surface area (Å²) in [5, 5.41) is 5.78. The van der Waals surface area contributed by atoms with Crippen molar-refractivity contribution in [1.29, 1.82) is 0 Å². The van der Waals surface area contributed by atoms with Crippen molar-refractivity contribution in [3.63, 3.8) is 0 Å². The molecule has 2 aromatic rings. The van der Waals surface area contributed by atoms with Crippen LogP contribution in [0.1, 0.15) is 12.5 Å². The van der Waals surface area contributed by atoms with Gasteiger partial charge in [-0.2, -0.15) is 10.1 Å². The maximum Gasteiger partial charge on any atom is 0.285 e. The second-order valence-corrected chi connectivity index (χ2v) is 7.02. The van der Waals surface area contributed by atoms with E-state index in [0.29, 0.717) is 15.6 Å². The Labute approximate surface area is 152 Å². The summed E-state index contributed by atoms with van der Waals surface area (Å²) in [4.78, 5) is 25.1. The topological polar surface area (TPSA) is 49.7 Å². The van der Waals surface area contributed by atoms with Gasteiger partial charge in [0.2, 0.25) is 0 Å². The van der Waals surface area contributed by atoms with Crippen molar-refractivity contribution in [3.05, 3.63) is 69.5 Å². The SMILES string of the molecule is CC(=O)C1=NN(c2ccc(Br)cc2)C(=O)C(=Cc2ccccc2)S1. The molecule has 0 saturated heterocycles. The van der Waals surface area contributed by atoms with E-state index in [-0.39, 0.29) is 11.7 Å². The number of hydrogen-bond acceptors (Lipinski definition) is 4. The first-order valence-corrected chi connectivity index (χ1v) is 8.80. The summed E-state index contributed by atoms with van der Waals surface area (Å²) in [7, 11) is 0. The number of hydrazone groups is 1. The first-order valence-electron chi connectivity index (χ1n) is 7.19. The summed E-state index contributed by atoms with van der Waals surface area (Å²) in [6.45, 7) is 1.45. The highest BCUT2D eigenvalue weighted by Crippen LogP contribution is 2.32. The Morgan fingerprint density at radius 3 is 2.42 bits per heavy atom. The van der Waals surface area contributed by atoms with Crippen LogP contribution in [0.2, 0.25) is 0 Å². The van der Waals surface area contributed by atoms with Gasteiger partial charge in [0.05, 0.1) is 10.6 Å². The minimum Gasteiger partial charge on any atom is -0.292 e. The normalized spacial score (nSPS) is 16.2. The van der Waals surface area contributed by atoms with E-state index in [1.807, 2.05) is 42.5 Å². The summed E-state index contributed by atoms with van der Waals surface area (Å²) < 4.78 is 0.904. The molecule has 4 nitrogen and oxygen atoms in total. The third kappa shape index (κ3) is 3.66. The summed E-state index contributed by atoms with van der Waals surface area (Å²) in [6.07, 6.45) is 1.77. The quantitative estimate of drug-likeness (QED) is 0.713. The van der Waals surface area contributed by atoms with E-state index in [1.165, 1.54) is 11.9 Å². The molecule has 0 unspecified atom stereocenters. The van der Waals surface area contributed by atoms with Gasteiger partial charge in [-0.15, -0.1) is 0 Å². The molecular formula is C18H13BrN2O2S. The Morgan fingerprint density at radius 2 is 1.79 bits per heavy atom. The molecule has 0 N–H and O–H groups in total. The summed E-state index contributed by atoms with van der Waals surface area (Å²) in [5.74, 6) is -0.426. The third-order valence-electron chi connectivity index (χ3n) is 3.27. The molecule has 0 radical (unpaired) electrons. The number of hydrogen-bond donors (Lipinski definition) is 0. The third-order valence-corrected chi connectivity index (χ3v) is 4.87. The van der Waals surface area contributed by atoms with Crippen LogP contribution in [0.3, 0.4) is 0 Å². The van der Waals surface area contributed by atoms with Gasteiger partial charge in [-0.05, 0) is 35.9 Å². The van der Waals surface area contributed by atoms with Crippen LogP contribution in [0.25, 0.3) is 6.08 Å². The fourth-order valence-corrected chi connectivity index (χ4v) is 3.21. The highest BCUT2D eigenvalue weighted by molar-refractivity contribution is 9.10. The van der Waals surface area contributed by atoms with Crippen molar-refractivity contribution in [2.45, 2.75) is 6.92 Å². The zero-order chi connectivity index (χ0) is 17.1. The molecular weight excluding hydrogens is 388 g/mol. The number of rotatable bonds is 3. The van der Waals surface area contributed by atoms with Crippen molar-refractivity contribution in [1.82, 2.24) is 0 Å². The minimum atomic E-state index is -0.254. The highest BCUT2D eigenvalue weighted by atomic mass is 79.9. The second-order valence-electron chi connectivity index (χ2n) is 5.08. The Bertz CT molecular complexity index is 845. The number of thioether (sulfide) groups is 1. The zero-order valence-electron chi connectivity index (χ0n) is 12.8. The average molecular weight is 401 g/mol. The van der Waals surface area contributed by atoms with Gasteiger partial charge in [0.15, 0.2) is 10.8 Å². The van der Waals surface area contributed by atoms with E-state index in [2.05, 4.69) is 21.0 Å². The van der Waals surface area contributed by atoms with Crippen molar-refractivity contribution in [3.8, 4) is 0 Å². The fraction of sp³-hybridized carbons (Fsp3) is 0.0556. The van der Waals surface area contributed by atoms with Crippen LogP contribution >= 0.6 is 27.7 Å². The molecule has 1 aliphatic rings. The van der Waals surface area contributed by atoms with Crippen molar-refractivity contribution < 1.29 is 9.59 Å². The summed E-state index contributed by atoms with van der Waals surface area (Å²) >= 11 is 4.47. The van der Waals surface area contributed by atoms with Gasteiger partial charge >= 0.3 is 0 Å². The highest BCUT2D eigenvalue weighted by Gasteiger charge is 2.29. The lowest BCUT2D eigenvalue weighted by atomic mass is 10.2. The molecule has 0 bridgehead atoms. The maximum absolute atomic E-state index is 12.8. The van der Waals surface area contributed by atoms with Gasteiger partial charge in [0.25, 0.3) is 5.91 Å². The van der Waals surface area contributed by atoms with Gasteiger partial charge in [0.1, 0.15) is 0 Å². The van der Waals surface area contributed by atoms with E-state index < -0.39 is 0 Å². The van der Waals surface area contributed by atoms with Gasteiger partial charge in [-0.3, -0.25) is 9.59 Å². The van der Waals surface area contributed by atoms with Gasteiger partial charge in [0, 0.05) is 11.4 Å². The van der Waals surface area contributed by atoms with Crippen LogP contribution in [-0.2, 0) is 9.59 Å². The molecule has 3 rings (SSSR count). The molecule has 24 heavy (non-hydrogen) atoms. The van der Waals surface area contributed by atoms with Crippen LogP contribution in [0.4, 0.5) is 5.69 Å². The molecule has 0 atom stereocenters. The first-order chi connectivity index (χ1) is 11.5. The number of Topliss-reactive ketones (excluding diaryl/α,β-unsaturated/α-hetero) is 1. The Balaban J connectivity index is 2.03. The number of benzene rings is 2. The molecule has 0 aliphatic carbocycles. The predicted molar refractivity (Wildman–Crippen MR) is 102 cm³/mol. The standard InChI is InChI=1S/C18H13BrN2O2S/c1-12(22)17-20-21(15-9-7-14(19)8-10-15)18(23)16(24-17)11-13-5-3-2-4-6-13/h2-11H,1H3. The molecule has 120 valence electrons. The van der Waals surface area contributed by atoms with E-state index in [4.69, 9.17) is 0 Å². The Morgan fingerprint density at radius 1 is 1.12 bits per heavy atom. The second kappa shape index (κ2) is 7.15. The van der Waals surface area contributed by atoms with Crippen LogP contribution in [0.5, 0.6) is 0 Å². The molecule has 0 spiro atoms. The summed E-state index contributed by atoms with van der Waals surface area (Å²) in [6, 6.07) is 16.7. The van der Waals surface area contributed by atoms with E-state index >= 15 is 0 Å². The van der Waals surface area contributed by atoms with Crippen LogP contribution in [0, 0.1) is 0 Å². The molecule has 0 aromatic heterocycles. The average Bonchev–Trinajstić information content (AvgIpc) is 2.58. The van der Waals surface area contributed by atoms with Gasteiger partial charge in [-0.25, -0.2) is 0 Å². The molecule has 1 heterocycles. The fourth-order valence-electron chi connectivity index (χ4n) is 2.10. The van der Waals surface area contributed by atoms with E-state index in [1.54, 1.807) is 18.2 Å². The lowest BCUT2D eigenvalue weighted by molar-refractivity contribution is -0.114. The number of nitrogens with zero attached hydrogens (tertiary/aromatic N) is 2. The van der Waals surface area contributed by atoms with E-state index in [9.17, 15) is 9.59 Å². The van der Waals surface area contributed by atoms with Crippen molar-refractivity contribution >= 4 is 56.2 Å². The Hall–Kier alpha value is -2.18. The van der Waals surface area contributed by atoms with Crippen LogP contribution in [0.15, 0.2) is 69.1 Å². The number of halogens is 1. The maximum atomic E-state index is 12.8. The number of carbonyl (C=O) groups is 2. The van der Waals surface area contributed by atoms with Gasteiger partial charge in [-0.1, -0.05) is 58.0 Å². The monoisotopic (exact) mass is 400 g/mol. The number of ketones is 1. The molecule has 0 saturated carbocycles. The van der Waals surface area contributed by atoms with Crippen LogP contribution in [-0.4, -0.2) is 16.7 Å². The lowest BCUT2D eigenvalue weighted by Gasteiger charge is -2.24. The number of carbonyl (C=O) groups excluding carboxylic acids is 2. The molecule has 0 fully saturated rings. The van der Waals surface area contributed by atoms with Crippen molar-refractivity contribution in [2.75, 3.05) is 5.01 Å². The predicted octanol–water partition coefficient (Wildman–Crippen LogP) is 4.47. The largest absolute Gasteiger partial charge is 0.292 e. The molecule has 1 amide bonds. The van der Waals surface area contributed by atoms with Crippen LogP contribution < -0.4 is 5.01 Å². The molecule has 1 aliphatic heterocycles. The molecule has 2 aromatic carbocycles. The lowest BCUT2D eigenvalue weighted by Crippen LogP contribution is -2.32. The number of amides is 1. The Kier molecular flexibility index (Phi) is 4.97. The van der Waals surface area contributed by atoms with E-state index in [0.717, 1.165) is 21.8 Å². The van der Waals surface area contributed by atoms with Crippen molar-refractivity contribution in [2.24, 2.45) is 5.10 Å². The number of anilines is 1. The first kappa shape index (κ1) is 16.7. The minimum absolute atomic E-state index is 0.173. The summed E-state index contributed by atoms with van der Waals surface area (Å²) in [5.41, 5.74) is 1.51. The zero-order valence-corrected chi connectivity index (χ0v) is 15.2. The smallest absolute Gasteiger partial charge is 0.285 e. The molecule has 6 heteroatoms.